The number of amides is 1. The summed E-state index contributed by atoms with van der Waals surface area (Å²) in [6.45, 7) is 6.27. The first-order valence-electron chi connectivity index (χ1n) is 10.4. The molecule has 2 aromatic heterocycles. The van der Waals surface area contributed by atoms with Gasteiger partial charge in [0.25, 0.3) is 11.5 Å². The van der Waals surface area contributed by atoms with Gasteiger partial charge in [-0.2, -0.15) is 13.2 Å². The number of carbonyl (C=O) groups excluding carboxylic acids is 1. The molecule has 0 bridgehead atoms. The summed E-state index contributed by atoms with van der Waals surface area (Å²) in [7, 11) is 3.29. The highest BCUT2D eigenvalue weighted by Gasteiger charge is 2.38. The minimum Gasteiger partial charge on any atom is -0.494 e. The fourth-order valence-corrected chi connectivity index (χ4v) is 5.04. The Labute approximate surface area is 196 Å². The number of thiophene rings is 1. The fourth-order valence-electron chi connectivity index (χ4n) is 3.78. The highest BCUT2D eigenvalue weighted by atomic mass is 32.1. The summed E-state index contributed by atoms with van der Waals surface area (Å²) in [5.41, 5.74) is 0.723. The second-order valence-corrected chi connectivity index (χ2v) is 8.60. The van der Waals surface area contributed by atoms with E-state index in [0.717, 1.165) is 35.2 Å². The number of aryl methyl sites for hydroxylation is 1. The number of carboxylic acid groups (broad SMARTS) is 1. The molecule has 34 heavy (non-hydrogen) atoms. The third kappa shape index (κ3) is 4.87. The number of carboxylic acids is 1. The molecule has 0 unspecified atom stereocenters. The van der Waals surface area contributed by atoms with Crippen molar-refractivity contribution in [1.29, 1.82) is 0 Å². The van der Waals surface area contributed by atoms with Crippen LogP contribution in [0, 0.1) is 0 Å². The first-order chi connectivity index (χ1) is 16.0. The maximum absolute atomic E-state index is 13.2. The maximum Gasteiger partial charge on any atom is 0.490 e. The Morgan fingerprint density at radius 3 is 2.26 bits per heavy atom. The molecule has 0 saturated carbocycles. The van der Waals surface area contributed by atoms with Crippen LogP contribution in [0.25, 0.3) is 21.0 Å². The van der Waals surface area contributed by atoms with Gasteiger partial charge in [0.05, 0.1) is 17.3 Å². The van der Waals surface area contributed by atoms with Crippen molar-refractivity contribution >= 4 is 44.2 Å². The molecule has 0 radical (unpaired) electrons. The van der Waals surface area contributed by atoms with Gasteiger partial charge in [-0.3, -0.25) is 9.59 Å². The van der Waals surface area contributed by atoms with Gasteiger partial charge in [-0.15, -0.1) is 11.3 Å². The van der Waals surface area contributed by atoms with Crippen molar-refractivity contribution in [1.82, 2.24) is 14.4 Å². The smallest absolute Gasteiger partial charge is 0.490 e. The van der Waals surface area contributed by atoms with Crippen molar-refractivity contribution in [2.45, 2.75) is 13.1 Å². The number of pyridine rings is 1. The van der Waals surface area contributed by atoms with Crippen LogP contribution in [0.4, 0.5) is 13.2 Å². The van der Waals surface area contributed by atoms with E-state index >= 15 is 0 Å². The van der Waals surface area contributed by atoms with Gasteiger partial charge in [0.2, 0.25) is 0 Å². The molecule has 3 aromatic rings. The first-order valence-corrected chi connectivity index (χ1v) is 11.2. The van der Waals surface area contributed by atoms with E-state index in [1.165, 1.54) is 18.4 Å². The van der Waals surface area contributed by atoms with Crippen molar-refractivity contribution in [3.05, 3.63) is 39.5 Å². The van der Waals surface area contributed by atoms with Gasteiger partial charge in [-0.25, -0.2) is 4.79 Å². The number of carbonyl (C=O) groups is 2. The zero-order valence-corrected chi connectivity index (χ0v) is 19.6. The number of para-hydroxylation sites is 1. The van der Waals surface area contributed by atoms with E-state index in [0.29, 0.717) is 29.1 Å². The SMILES string of the molecule is CCN1CCN(C(=O)c2sc3c(c2OC)c(=O)n(C)c2ccccc32)CC1.O=C(O)C(F)(F)F. The highest BCUT2D eigenvalue weighted by molar-refractivity contribution is 7.22. The number of halogens is 3. The lowest BCUT2D eigenvalue weighted by atomic mass is 10.1. The number of alkyl halides is 3. The summed E-state index contributed by atoms with van der Waals surface area (Å²) >= 11 is 1.37. The lowest BCUT2D eigenvalue weighted by Crippen LogP contribution is -2.48. The van der Waals surface area contributed by atoms with E-state index < -0.39 is 12.1 Å². The lowest BCUT2D eigenvalue weighted by Gasteiger charge is -2.33. The topological polar surface area (TPSA) is 92.1 Å². The van der Waals surface area contributed by atoms with Gasteiger partial charge in [0.15, 0.2) is 5.75 Å². The number of aliphatic carboxylic acids is 1. The number of piperazine rings is 1. The van der Waals surface area contributed by atoms with Gasteiger partial charge >= 0.3 is 12.1 Å². The van der Waals surface area contributed by atoms with Crippen molar-refractivity contribution < 1.29 is 32.6 Å². The Balaban J connectivity index is 0.000000406. The summed E-state index contributed by atoms with van der Waals surface area (Å²) in [5, 5.41) is 8.59. The summed E-state index contributed by atoms with van der Waals surface area (Å²) in [4.78, 5) is 39.8. The van der Waals surface area contributed by atoms with E-state index in [1.54, 1.807) is 11.6 Å². The largest absolute Gasteiger partial charge is 0.494 e. The van der Waals surface area contributed by atoms with E-state index in [1.807, 2.05) is 29.2 Å². The van der Waals surface area contributed by atoms with Crippen molar-refractivity contribution in [2.75, 3.05) is 39.8 Å². The molecular formula is C22H24F3N3O5S. The Bertz CT molecular complexity index is 1280. The minimum absolute atomic E-state index is 0.0464. The molecule has 0 aliphatic carbocycles. The number of nitrogens with zero attached hydrogens (tertiary/aromatic N) is 3. The normalized spacial score (nSPS) is 14.7. The predicted octanol–water partition coefficient (Wildman–Crippen LogP) is 3.17. The third-order valence-corrected chi connectivity index (χ3v) is 6.83. The van der Waals surface area contributed by atoms with Crippen LogP contribution in [0.3, 0.4) is 0 Å². The number of aromatic nitrogens is 1. The lowest BCUT2D eigenvalue weighted by molar-refractivity contribution is -0.192. The quantitative estimate of drug-likeness (QED) is 0.595. The number of benzene rings is 1. The Morgan fingerprint density at radius 2 is 1.74 bits per heavy atom. The number of likely N-dealkylation sites (N-methyl/N-ethyl adjacent to an activating group) is 1. The molecule has 0 atom stereocenters. The minimum atomic E-state index is -5.08. The van der Waals surface area contributed by atoms with Crippen molar-refractivity contribution in [2.24, 2.45) is 7.05 Å². The average Bonchev–Trinajstić information content (AvgIpc) is 3.22. The Kier molecular flexibility index (Phi) is 7.51. The second-order valence-electron chi connectivity index (χ2n) is 7.58. The summed E-state index contributed by atoms with van der Waals surface area (Å²) in [6.07, 6.45) is -5.08. The monoisotopic (exact) mass is 499 g/mol. The third-order valence-electron chi connectivity index (χ3n) is 5.64. The molecule has 3 heterocycles. The van der Waals surface area contributed by atoms with Crippen molar-refractivity contribution in [3.63, 3.8) is 0 Å². The molecule has 8 nitrogen and oxygen atoms in total. The molecule has 4 rings (SSSR count). The molecule has 1 amide bonds. The van der Waals surface area contributed by atoms with Crippen LogP contribution < -0.4 is 10.3 Å². The number of hydrogen-bond acceptors (Lipinski definition) is 6. The van der Waals surface area contributed by atoms with E-state index in [-0.39, 0.29) is 11.5 Å². The zero-order chi connectivity index (χ0) is 25.2. The van der Waals surface area contributed by atoms with Crippen LogP contribution in [0.5, 0.6) is 5.75 Å². The van der Waals surface area contributed by atoms with Crippen LogP contribution in [-0.2, 0) is 11.8 Å². The number of fused-ring (bicyclic) bond motifs is 3. The van der Waals surface area contributed by atoms with Crippen molar-refractivity contribution in [3.8, 4) is 5.75 Å². The average molecular weight is 500 g/mol. The summed E-state index contributed by atoms with van der Waals surface area (Å²) in [6, 6.07) is 7.77. The van der Waals surface area contributed by atoms with Gasteiger partial charge in [0, 0.05) is 38.6 Å². The summed E-state index contributed by atoms with van der Waals surface area (Å²) < 4.78 is 39.8. The molecular weight excluding hydrogens is 475 g/mol. The highest BCUT2D eigenvalue weighted by Crippen LogP contribution is 2.40. The molecule has 1 saturated heterocycles. The zero-order valence-electron chi connectivity index (χ0n) is 18.8. The van der Waals surface area contributed by atoms with Crippen LogP contribution in [0.15, 0.2) is 29.1 Å². The first kappa shape index (κ1) is 25.5. The van der Waals surface area contributed by atoms with E-state index in [4.69, 9.17) is 14.6 Å². The number of hydrogen-bond donors (Lipinski definition) is 1. The number of methoxy groups -OCH3 is 1. The van der Waals surface area contributed by atoms with Crippen LogP contribution in [-0.4, -0.2) is 77.4 Å². The maximum atomic E-state index is 13.2. The Hall–Kier alpha value is -3.12. The fraction of sp³-hybridized carbons (Fsp3) is 0.409. The standard InChI is InChI=1S/C20H23N3O3S.C2HF3O2/c1-4-22-9-11-23(12-10-22)20(25)18-16(26-3)15-17(27-18)13-7-5-6-8-14(13)21(2)19(15)24;3-2(4,5)1(6)7/h5-8H,4,9-12H2,1-3H3;(H,6,7). The molecule has 0 spiro atoms. The molecule has 1 fully saturated rings. The van der Waals surface area contributed by atoms with Crippen LogP contribution in [0.1, 0.15) is 16.6 Å². The molecule has 1 aromatic carbocycles. The summed E-state index contributed by atoms with van der Waals surface area (Å²) in [5.74, 6) is -2.40. The molecule has 12 heteroatoms. The van der Waals surface area contributed by atoms with Gasteiger partial charge in [-0.05, 0) is 12.6 Å². The number of ether oxygens (including phenoxy) is 1. The van der Waals surface area contributed by atoms with Gasteiger partial charge in [0.1, 0.15) is 10.3 Å². The van der Waals surface area contributed by atoms with E-state index in [2.05, 4.69) is 11.8 Å². The van der Waals surface area contributed by atoms with E-state index in [9.17, 15) is 22.8 Å². The molecule has 1 N–H and O–H groups in total. The second kappa shape index (κ2) is 10.0. The predicted molar refractivity (Wildman–Crippen MR) is 123 cm³/mol. The Morgan fingerprint density at radius 1 is 1.15 bits per heavy atom. The molecule has 1 aliphatic heterocycles. The number of rotatable bonds is 3. The van der Waals surface area contributed by atoms with Gasteiger partial charge in [-0.1, -0.05) is 25.1 Å². The molecule has 184 valence electrons. The van der Waals surface area contributed by atoms with Crippen LogP contribution in [0.2, 0.25) is 0 Å². The van der Waals surface area contributed by atoms with Gasteiger partial charge < -0.3 is 24.2 Å². The molecule has 1 aliphatic rings. The van der Waals surface area contributed by atoms with Crippen LogP contribution >= 0.6 is 11.3 Å².